The third kappa shape index (κ3) is 6.26. The molecule has 34 heavy (non-hydrogen) atoms. The molecule has 0 radical (unpaired) electrons. The SMILES string of the molecule is CCOC(=O)Oc1ccc(C(=O)Nc2ccccc2NC(=O)c2cc(OC)cc(OC)c2)cc1. The number of ether oxygens (including phenoxy) is 4. The van der Waals surface area contributed by atoms with Crippen molar-refractivity contribution in [2.24, 2.45) is 0 Å². The van der Waals surface area contributed by atoms with E-state index in [0.29, 0.717) is 34.0 Å². The monoisotopic (exact) mass is 464 g/mol. The van der Waals surface area contributed by atoms with Crippen LogP contribution in [-0.4, -0.2) is 38.8 Å². The van der Waals surface area contributed by atoms with E-state index >= 15 is 0 Å². The summed E-state index contributed by atoms with van der Waals surface area (Å²) in [5.74, 6) is 0.381. The molecule has 9 heteroatoms. The molecule has 0 heterocycles. The second kappa shape index (κ2) is 11.4. The van der Waals surface area contributed by atoms with Crippen molar-refractivity contribution in [1.29, 1.82) is 0 Å². The van der Waals surface area contributed by atoms with Gasteiger partial charge in [0, 0.05) is 17.2 Å². The highest BCUT2D eigenvalue weighted by atomic mass is 16.7. The van der Waals surface area contributed by atoms with Gasteiger partial charge >= 0.3 is 6.16 Å². The van der Waals surface area contributed by atoms with Crippen molar-refractivity contribution in [1.82, 2.24) is 0 Å². The van der Waals surface area contributed by atoms with Crippen molar-refractivity contribution in [2.45, 2.75) is 6.92 Å². The largest absolute Gasteiger partial charge is 0.513 e. The average molecular weight is 464 g/mol. The number of hydrogen-bond donors (Lipinski definition) is 2. The lowest BCUT2D eigenvalue weighted by molar-refractivity contribution is 0.101. The van der Waals surface area contributed by atoms with Crippen LogP contribution in [0.2, 0.25) is 0 Å². The summed E-state index contributed by atoms with van der Waals surface area (Å²) < 4.78 is 20.1. The van der Waals surface area contributed by atoms with Gasteiger partial charge in [-0.05, 0) is 55.5 Å². The summed E-state index contributed by atoms with van der Waals surface area (Å²) in [5.41, 5.74) is 1.47. The zero-order valence-electron chi connectivity index (χ0n) is 18.9. The molecule has 9 nitrogen and oxygen atoms in total. The predicted octanol–water partition coefficient (Wildman–Crippen LogP) is 4.74. The predicted molar refractivity (Wildman–Crippen MR) is 126 cm³/mol. The maximum atomic E-state index is 12.8. The Morgan fingerprint density at radius 2 is 1.24 bits per heavy atom. The van der Waals surface area contributed by atoms with E-state index in [1.807, 2.05) is 0 Å². The third-order valence-corrected chi connectivity index (χ3v) is 4.62. The Morgan fingerprint density at radius 3 is 1.74 bits per heavy atom. The summed E-state index contributed by atoms with van der Waals surface area (Å²) in [4.78, 5) is 37.0. The molecule has 3 aromatic carbocycles. The number of amides is 2. The van der Waals surface area contributed by atoms with Gasteiger partial charge in [0.2, 0.25) is 0 Å². The van der Waals surface area contributed by atoms with Crippen LogP contribution < -0.4 is 24.8 Å². The molecule has 0 fully saturated rings. The molecule has 3 rings (SSSR count). The van der Waals surface area contributed by atoms with Crippen molar-refractivity contribution in [3.05, 3.63) is 77.9 Å². The van der Waals surface area contributed by atoms with Crippen LogP contribution in [0.25, 0.3) is 0 Å². The Hall–Kier alpha value is -4.53. The molecule has 0 aromatic heterocycles. The normalized spacial score (nSPS) is 10.1. The molecule has 0 aliphatic heterocycles. The topological polar surface area (TPSA) is 112 Å². The summed E-state index contributed by atoms with van der Waals surface area (Å²) in [6.45, 7) is 1.86. The third-order valence-electron chi connectivity index (χ3n) is 4.62. The van der Waals surface area contributed by atoms with Crippen molar-refractivity contribution in [3.63, 3.8) is 0 Å². The molecule has 3 aromatic rings. The number of benzene rings is 3. The first kappa shape index (κ1) is 24.1. The summed E-state index contributed by atoms with van der Waals surface area (Å²) in [6.07, 6.45) is -0.821. The molecule has 0 aliphatic rings. The molecule has 0 atom stereocenters. The van der Waals surface area contributed by atoms with E-state index in [0.717, 1.165) is 0 Å². The second-order valence-electron chi connectivity index (χ2n) is 6.86. The lowest BCUT2D eigenvalue weighted by Gasteiger charge is -2.13. The molecule has 176 valence electrons. The smallest absolute Gasteiger partial charge is 0.497 e. The fraction of sp³-hybridized carbons (Fsp3) is 0.160. The number of carbonyl (C=O) groups is 3. The number of hydrogen-bond acceptors (Lipinski definition) is 7. The number of carbonyl (C=O) groups excluding carboxylic acids is 3. The molecular weight excluding hydrogens is 440 g/mol. The lowest BCUT2D eigenvalue weighted by Crippen LogP contribution is -2.17. The number of nitrogens with one attached hydrogen (secondary N) is 2. The van der Waals surface area contributed by atoms with Gasteiger partial charge in [-0.1, -0.05) is 12.1 Å². The minimum atomic E-state index is -0.821. The average Bonchev–Trinajstić information content (AvgIpc) is 2.85. The summed E-state index contributed by atoms with van der Waals surface area (Å²) in [7, 11) is 2.99. The Kier molecular flexibility index (Phi) is 8.07. The maximum absolute atomic E-state index is 12.8. The van der Waals surface area contributed by atoms with Crippen molar-refractivity contribution < 1.29 is 33.3 Å². The molecule has 0 unspecified atom stereocenters. The molecule has 0 aliphatic carbocycles. The Labute approximate surface area is 196 Å². The minimum Gasteiger partial charge on any atom is -0.497 e. The van der Waals surface area contributed by atoms with E-state index in [1.165, 1.54) is 38.5 Å². The lowest BCUT2D eigenvalue weighted by atomic mass is 10.1. The van der Waals surface area contributed by atoms with Gasteiger partial charge in [-0.3, -0.25) is 9.59 Å². The molecule has 0 bridgehead atoms. The highest BCUT2D eigenvalue weighted by molar-refractivity contribution is 6.10. The molecular formula is C25H24N2O7. The maximum Gasteiger partial charge on any atom is 0.513 e. The Balaban J connectivity index is 1.72. The van der Waals surface area contributed by atoms with Crippen LogP contribution in [0.3, 0.4) is 0 Å². The van der Waals surface area contributed by atoms with E-state index in [-0.39, 0.29) is 12.4 Å². The van der Waals surface area contributed by atoms with Crippen LogP contribution in [0.1, 0.15) is 27.6 Å². The molecule has 0 saturated carbocycles. The fourth-order valence-electron chi connectivity index (χ4n) is 2.95. The number of rotatable bonds is 8. The van der Waals surface area contributed by atoms with E-state index in [9.17, 15) is 14.4 Å². The first-order valence-corrected chi connectivity index (χ1v) is 10.3. The second-order valence-corrected chi connectivity index (χ2v) is 6.86. The summed E-state index contributed by atoms with van der Waals surface area (Å²) >= 11 is 0. The van der Waals surface area contributed by atoms with Gasteiger partial charge in [0.05, 0.1) is 32.2 Å². The highest BCUT2D eigenvalue weighted by Crippen LogP contribution is 2.26. The summed E-state index contributed by atoms with van der Waals surface area (Å²) in [5, 5.41) is 5.57. The highest BCUT2D eigenvalue weighted by Gasteiger charge is 2.14. The van der Waals surface area contributed by atoms with E-state index in [4.69, 9.17) is 18.9 Å². The Morgan fingerprint density at radius 1 is 0.706 bits per heavy atom. The van der Waals surface area contributed by atoms with Gasteiger partial charge in [0.25, 0.3) is 11.8 Å². The zero-order valence-corrected chi connectivity index (χ0v) is 18.9. The fourth-order valence-corrected chi connectivity index (χ4v) is 2.95. The van der Waals surface area contributed by atoms with Gasteiger partial charge in [-0.2, -0.15) is 0 Å². The van der Waals surface area contributed by atoms with E-state index in [2.05, 4.69) is 10.6 Å². The van der Waals surface area contributed by atoms with Crippen LogP contribution in [-0.2, 0) is 4.74 Å². The van der Waals surface area contributed by atoms with Crippen LogP contribution in [0.5, 0.6) is 17.2 Å². The van der Waals surface area contributed by atoms with Crippen molar-refractivity contribution >= 4 is 29.3 Å². The molecule has 2 amide bonds. The van der Waals surface area contributed by atoms with Gasteiger partial charge in [0.15, 0.2) is 0 Å². The Bertz CT molecular complexity index is 1150. The number of para-hydroxylation sites is 2. The summed E-state index contributed by atoms with van der Waals surface area (Å²) in [6, 6.07) is 17.6. The van der Waals surface area contributed by atoms with Crippen molar-refractivity contribution in [2.75, 3.05) is 31.5 Å². The first-order chi connectivity index (χ1) is 16.4. The molecule has 0 saturated heterocycles. The van der Waals surface area contributed by atoms with E-state index in [1.54, 1.807) is 49.4 Å². The quantitative estimate of drug-likeness (QED) is 0.366. The standard InChI is InChI=1S/C25H24N2O7/c1-4-33-25(30)34-18-11-9-16(10-12-18)23(28)26-21-7-5-6-8-22(21)27-24(29)17-13-19(31-2)15-20(14-17)32-3/h5-15H,4H2,1-3H3,(H,26,28)(H,27,29). The molecule has 0 spiro atoms. The zero-order chi connectivity index (χ0) is 24.5. The van der Waals surface area contributed by atoms with Gasteiger partial charge in [0.1, 0.15) is 17.2 Å². The van der Waals surface area contributed by atoms with Gasteiger partial charge in [-0.15, -0.1) is 0 Å². The molecule has 2 N–H and O–H groups in total. The van der Waals surface area contributed by atoms with Gasteiger partial charge in [-0.25, -0.2) is 4.79 Å². The van der Waals surface area contributed by atoms with Crippen LogP contribution in [0.15, 0.2) is 66.7 Å². The van der Waals surface area contributed by atoms with Crippen LogP contribution in [0.4, 0.5) is 16.2 Å². The first-order valence-electron chi connectivity index (χ1n) is 10.3. The van der Waals surface area contributed by atoms with Crippen LogP contribution >= 0.6 is 0 Å². The minimum absolute atomic E-state index is 0.195. The van der Waals surface area contributed by atoms with E-state index < -0.39 is 18.0 Å². The number of methoxy groups -OCH3 is 2. The van der Waals surface area contributed by atoms with Crippen LogP contribution in [0, 0.1) is 0 Å². The van der Waals surface area contributed by atoms with Gasteiger partial charge < -0.3 is 29.6 Å². The van der Waals surface area contributed by atoms with Crippen molar-refractivity contribution in [3.8, 4) is 17.2 Å². The number of anilines is 2.